The van der Waals surface area contributed by atoms with Crippen molar-refractivity contribution in [3.8, 4) is 0 Å². The zero-order valence-corrected chi connectivity index (χ0v) is 11.6. The molecule has 1 aliphatic heterocycles. The maximum absolute atomic E-state index is 3.43. The van der Waals surface area contributed by atoms with Crippen LogP contribution < -0.4 is 5.32 Å². The second kappa shape index (κ2) is 5.65. The molecule has 0 aliphatic carbocycles. The first-order valence-corrected chi connectivity index (χ1v) is 6.13. The summed E-state index contributed by atoms with van der Waals surface area (Å²) in [6, 6.07) is 15.4. The summed E-state index contributed by atoms with van der Waals surface area (Å²) in [6.45, 7) is 2.32. The fraction of sp³-hybridized carbons (Fsp3) is 0.333. The number of hydrogen-bond acceptors (Lipinski definition) is 1. The first-order valence-electron chi connectivity index (χ1n) is 6.13. The highest BCUT2D eigenvalue weighted by Gasteiger charge is 2.16. The van der Waals surface area contributed by atoms with Gasteiger partial charge in [-0.3, -0.25) is 0 Å². The maximum atomic E-state index is 3.43. The van der Waals surface area contributed by atoms with E-state index in [2.05, 4.69) is 47.8 Å². The third-order valence-corrected chi connectivity index (χ3v) is 3.60. The topological polar surface area (TPSA) is 12.0 Å². The summed E-state index contributed by atoms with van der Waals surface area (Å²) in [5.41, 5.74) is 1.54. The zero-order valence-electron chi connectivity index (χ0n) is 9.86. The van der Waals surface area contributed by atoms with Crippen LogP contribution >= 0.6 is 17.0 Å². The van der Waals surface area contributed by atoms with Crippen LogP contribution in [0.15, 0.2) is 42.5 Å². The summed E-state index contributed by atoms with van der Waals surface area (Å²) in [6.07, 6.45) is 2.54. The number of hydrogen-bond donors (Lipinski definition) is 1. The minimum absolute atomic E-state index is 0. The molecule has 2 aromatic rings. The molecule has 1 saturated heterocycles. The number of halogens is 1. The van der Waals surface area contributed by atoms with Gasteiger partial charge in [-0.1, -0.05) is 42.5 Å². The Bertz CT molecular complexity index is 484. The van der Waals surface area contributed by atoms with Crippen molar-refractivity contribution in [1.29, 1.82) is 0 Å². The van der Waals surface area contributed by atoms with Crippen LogP contribution in [0.3, 0.4) is 0 Å². The monoisotopic (exact) mass is 291 g/mol. The summed E-state index contributed by atoms with van der Waals surface area (Å²) in [7, 11) is 0. The van der Waals surface area contributed by atoms with Gasteiger partial charge < -0.3 is 5.32 Å². The van der Waals surface area contributed by atoms with Crippen molar-refractivity contribution in [3.05, 3.63) is 48.0 Å². The van der Waals surface area contributed by atoms with E-state index >= 15 is 0 Å². The van der Waals surface area contributed by atoms with Crippen LogP contribution in [0.4, 0.5) is 0 Å². The third-order valence-electron chi connectivity index (χ3n) is 3.60. The van der Waals surface area contributed by atoms with Crippen LogP contribution in [0.1, 0.15) is 24.3 Å². The number of nitrogens with one attached hydrogen (secondary N) is 1. The highest BCUT2D eigenvalue weighted by molar-refractivity contribution is 8.93. The highest BCUT2D eigenvalue weighted by Crippen LogP contribution is 2.31. The van der Waals surface area contributed by atoms with Gasteiger partial charge in [0.05, 0.1) is 0 Å². The zero-order chi connectivity index (χ0) is 10.8. The van der Waals surface area contributed by atoms with Crippen LogP contribution in [0.5, 0.6) is 0 Å². The number of rotatable bonds is 1. The SMILES string of the molecule is Br.c1ccc2c(C3CCNCC3)cccc2c1. The molecule has 0 radical (unpaired) electrons. The molecule has 1 aliphatic rings. The molecule has 3 rings (SSSR count). The minimum atomic E-state index is 0. The van der Waals surface area contributed by atoms with Gasteiger partial charge in [0, 0.05) is 0 Å². The van der Waals surface area contributed by atoms with Crippen LogP contribution in [0, 0.1) is 0 Å². The summed E-state index contributed by atoms with van der Waals surface area (Å²) in [5.74, 6) is 0.743. The summed E-state index contributed by atoms with van der Waals surface area (Å²) >= 11 is 0. The van der Waals surface area contributed by atoms with Crippen molar-refractivity contribution < 1.29 is 0 Å². The van der Waals surface area contributed by atoms with E-state index in [0.717, 1.165) is 19.0 Å². The van der Waals surface area contributed by atoms with Gasteiger partial charge in [-0.25, -0.2) is 0 Å². The van der Waals surface area contributed by atoms with E-state index in [-0.39, 0.29) is 17.0 Å². The van der Waals surface area contributed by atoms with Crippen molar-refractivity contribution in [3.63, 3.8) is 0 Å². The fourth-order valence-electron chi connectivity index (χ4n) is 2.74. The maximum Gasteiger partial charge on any atom is -0.00431 e. The van der Waals surface area contributed by atoms with E-state index < -0.39 is 0 Å². The molecular formula is C15H18BrN. The predicted octanol–water partition coefficient (Wildman–Crippen LogP) is 3.88. The molecular weight excluding hydrogens is 274 g/mol. The molecule has 1 nitrogen and oxygen atoms in total. The Labute approximate surface area is 113 Å². The third kappa shape index (κ3) is 2.53. The Morgan fingerprint density at radius 2 is 1.59 bits per heavy atom. The lowest BCUT2D eigenvalue weighted by atomic mass is 9.87. The molecule has 90 valence electrons. The van der Waals surface area contributed by atoms with Crippen molar-refractivity contribution in [2.45, 2.75) is 18.8 Å². The number of piperidine rings is 1. The van der Waals surface area contributed by atoms with Crippen LogP contribution in [-0.2, 0) is 0 Å². The van der Waals surface area contributed by atoms with E-state index in [9.17, 15) is 0 Å². The Morgan fingerprint density at radius 3 is 2.41 bits per heavy atom. The molecule has 0 spiro atoms. The fourth-order valence-corrected chi connectivity index (χ4v) is 2.74. The molecule has 0 amide bonds. The Kier molecular flexibility index (Phi) is 4.19. The average Bonchev–Trinajstić information content (AvgIpc) is 2.39. The highest BCUT2D eigenvalue weighted by atomic mass is 79.9. The lowest BCUT2D eigenvalue weighted by molar-refractivity contribution is 0.462. The van der Waals surface area contributed by atoms with E-state index in [1.54, 1.807) is 5.56 Å². The molecule has 0 aromatic heterocycles. The Balaban J connectivity index is 0.00000108. The molecule has 1 heterocycles. The molecule has 0 saturated carbocycles. The second-order valence-corrected chi connectivity index (χ2v) is 4.59. The Morgan fingerprint density at radius 1 is 0.882 bits per heavy atom. The predicted molar refractivity (Wildman–Crippen MR) is 79.1 cm³/mol. The van der Waals surface area contributed by atoms with Gasteiger partial charge in [-0.05, 0) is 48.2 Å². The normalized spacial score (nSPS) is 16.7. The number of fused-ring (bicyclic) bond motifs is 1. The lowest BCUT2D eigenvalue weighted by Crippen LogP contribution is -2.26. The number of benzene rings is 2. The minimum Gasteiger partial charge on any atom is -0.317 e. The van der Waals surface area contributed by atoms with Crippen LogP contribution in [-0.4, -0.2) is 13.1 Å². The smallest absolute Gasteiger partial charge is 0.00431 e. The van der Waals surface area contributed by atoms with Crippen LogP contribution in [0.2, 0.25) is 0 Å². The second-order valence-electron chi connectivity index (χ2n) is 4.59. The molecule has 2 aromatic carbocycles. The molecule has 0 unspecified atom stereocenters. The largest absolute Gasteiger partial charge is 0.317 e. The van der Waals surface area contributed by atoms with Gasteiger partial charge in [-0.15, -0.1) is 17.0 Å². The van der Waals surface area contributed by atoms with Gasteiger partial charge >= 0.3 is 0 Å². The molecule has 1 N–H and O–H groups in total. The van der Waals surface area contributed by atoms with E-state index in [1.807, 2.05) is 0 Å². The van der Waals surface area contributed by atoms with E-state index in [1.165, 1.54) is 23.6 Å². The van der Waals surface area contributed by atoms with E-state index in [0.29, 0.717) is 0 Å². The van der Waals surface area contributed by atoms with E-state index in [4.69, 9.17) is 0 Å². The standard InChI is InChI=1S/C15H17N.BrH/c1-2-6-14-12(4-1)5-3-7-15(14)13-8-10-16-11-9-13;/h1-7,13,16H,8-11H2;1H. The van der Waals surface area contributed by atoms with Gasteiger partial charge in [-0.2, -0.15) is 0 Å². The Hall–Kier alpha value is -0.860. The summed E-state index contributed by atoms with van der Waals surface area (Å²) in [4.78, 5) is 0. The van der Waals surface area contributed by atoms with Gasteiger partial charge in [0.25, 0.3) is 0 Å². The lowest BCUT2D eigenvalue weighted by Gasteiger charge is -2.24. The molecule has 0 bridgehead atoms. The van der Waals surface area contributed by atoms with Crippen molar-refractivity contribution in [2.75, 3.05) is 13.1 Å². The first kappa shape index (κ1) is 12.6. The van der Waals surface area contributed by atoms with Crippen molar-refractivity contribution >= 4 is 27.8 Å². The molecule has 0 atom stereocenters. The first-order chi connectivity index (χ1) is 7.95. The summed E-state index contributed by atoms with van der Waals surface area (Å²) in [5, 5.41) is 6.25. The van der Waals surface area contributed by atoms with Gasteiger partial charge in [0.1, 0.15) is 0 Å². The summed E-state index contributed by atoms with van der Waals surface area (Å²) < 4.78 is 0. The average molecular weight is 292 g/mol. The molecule has 1 fully saturated rings. The van der Waals surface area contributed by atoms with Gasteiger partial charge in [0.2, 0.25) is 0 Å². The van der Waals surface area contributed by atoms with Crippen molar-refractivity contribution in [1.82, 2.24) is 5.32 Å². The van der Waals surface area contributed by atoms with Crippen molar-refractivity contribution in [2.24, 2.45) is 0 Å². The van der Waals surface area contributed by atoms with Crippen LogP contribution in [0.25, 0.3) is 10.8 Å². The quantitative estimate of drug-likeness (QED) is 0.841. The molecule has 17 heavy (non-hydrogen) atoms. The van der Waals surface area contributed by atoms with Gasteiger partial charge in [0.15, 0.2) is 0 Å². The molecule has 2 heteroatoms.